The van der Waals surface area contributed by atoms with Crippen LogP contribution in [0.3, 0.4) is 0 Å². The molecule has 0 fully saturated rings. The van der Waals surface area contributed by atoms with Crippen molar-refractivity contribution in [2.45, 2.75) is 40.3 Å². The molecule has 2 heterocycles. The summed E-state index contributed by atoms with van der Waals surface area (Å²) in [5, 5.41) is 7.75. The average Bonchev–Trinajstić information content (AvgIpc) is 2.96. The third kappa shape index (κ3) is 2.48. The fraction of sp³-hybridized carbons (Fsp3) is 0.500. The molecule has 0 bridgehead atoms. The van der Waals surface area contributed by atoms with E-state index in [2.05, 4.69) is 31.2 Å². The molecule has 1 N–H and O–H groups in total. The van der Waals surface area contributed by atoms with Crippen molar-refractivity contribution in [2.24, 2.45) is 0 Å². The van der Waals surface area contributed by atoms with E-state index in [0.717, 1.165) is 37.4 Å². The third-order valence-electron chi connectivity index (χ3n) is 3.15. The Morgan fingerprint density at radius 2 is 2.17 bits per heavy atom. The molecule has 0 aliphatic heterocycles. The summed E-state index contributed by atoms with van der Waals surface area (Å²) in [6.45, 7) is 9.03. The van der Waals surface area contributed by atoms with E-state index in [1.54, 1.807) is 6.26 Å². The first-order valence-corrected chi connectivity index (χ1v) is 6.57. The van der Waals surface area contributed by atoms with Gasteiger partial charge in [-0.2, -0.15) is 5.10 Å². The topological polar surface area (TPSA) is 43.0 Å². The van der Waals surface area contributed by atoms with Gasteiger partial charge in [-0.15, -0.1) is 0 Å². The van der Waals surface area contributed by atoms with Crippen LogP contribution in [0.4, 0.5) is 0 Å². The van der Waals surface area contributed by atoms with Crippen molar-refractivity contribution in [3.63, 3.8) is 0 Å². The average molecular weight is 247 g/mol. The van der Waals surface area contributed by atoms with Gasteiger partial charge >= 0.3 is 0 Å². The van der Waals surface area contributed by atoms with Gasteiger partial charge in [-0.05, 0) is 32.9 Å². The molecule has 4 heteroatoms. The Labute approximate surface area is 108 Å². The van der Waals surface area contributed by atoms with Crippen LogP contribution in [0.5, 0.6) is 0 Å². The third-order valence-corrected chi connectivity index (χ3v) is 3.15. The monoisotopic (exact) mass is 247 g/mol. The minimum atomic E-state index is 0.771. The van der Waals surface area contributed by atoms with Crippen molar-refractivity contribution in [3.8, 4) is 11.1 Å². The van der Waals surface area contributed by atoms with E-state index in [9.17, 15) is 0 Å². The van der Waals surface area contributed by atoms with Crippen LogP contribution in [0.1, 0.15) is 31.7 Å². The smallest absolute Gasteiger partial charge is 0.125 e. The van der Waals surface area contributed by atoms with Gasteiger partial charge in [0.25, 0.3) is 0 Å². The lowest BCUT2D eigenvalue weighted by Gasteiger charge is -2.04. The number of nitrogens with zero attached hydrogens (tertiary/aromatic N) is 2. The molecule has 0 unspecified atom stereocenters. The van der Waals surface area contributed by atoms with Crippen molar-refractivity contribution in [3.05, 3.63) is 30.0 Å². The highest BCUT2D eigenvalue weighted by Gasteiger charge is 2.13. The highest BCUT2D eigenvalue weighted by atomic mass is 16.3. The lowest BCUT2D eigenvalue weighted by molar-refractivity contribution is 0.484. The van der Waals surface area contributed by atoms with Crippen LogP contribution >= 0.6 is 0 Å². The van der Waals surface area contributed by atoms with E-state index in [4.69, 9.17) is 4.42 Å². The molecular weight excluding hydrogens is 226 g/mol. The molecule has 98 valence electrons. The second-order valence-corrected chi connectivity index (χ2v) is 4.39. The number of hydrogen-bond acceptors (Lipinski definition) is 3. The molecule has 0 spiro atoms. The molecule has 0 amide bonds. The molecule has 2 rings (SSSR count). The molecule has 0 saturated heterocycles. The highest BCUT2D eigenvalue weighted by molar-refractivity contribution is 5.67. The predicted octanol–water partition coefficient (Wildman–Crippen LogP) is 2.97. The Kier molecular flexibility index (Phi) is 4.20. The standard InChI is InChI=1S/C14H21N3O/c1-4-7-15-10-14-12(6-8-18-14)13-9-16-17(5-2)11(13)3/h6,8-9,15H,4-5,7,10H2,1-3H3. The fourth-order valence-electron chi connectivity index (χ4n) is 2.13. The largest absolute Gasteiger partial charge is 0.467 e. The normalized spacial score (nSPS) is 11.1. The van der Waals surface area contributed by atoms with E-state index in [0.29, 0.717) is 0 Å². The summed E-state index contributed by atoms with van der Waals surface area (Å²) >= 11 is 0. The Morgan fingerprint density at radius 3 is 2.83 bits per heavy atom. The summed E-state index contributed by atoms with van der Waals surface area (Å²) in [7, 11) is 0. The van der Waals surface area contributed by atoms with Crippen LogP contribution in [0, 0.1) is 6.92 Å². The molecule has 2 aromatic heterocycles. The van der Waals surface area contributed by atoms with Gasteiger partial charge in [-0.25, -0.2) is 0 Å². The number of nitrogens with one attached hydrogen (secondary N) is 1. The van der Waals surface area contributed by atoms with E-state index >= 15 is 0 Å². The zero-order chi connectivity index (χ0) is 13.0. The van der Waals surface area contributed by atoms with Crippen molar-refractivity contribution in [1.82, 2.24) is 15.1 Å². The number of rotatable bonds is 6. The van der Waals surface area contributed by atoms with Gasteiger partial charge < -0.3 is 9.73 Å². The van der Waals surface area contributed by atoms with Crippen LogP contribution in [-0.2, 0) is 13.1 Å². The van der Waals surface area contributed by atoms with Gasteiger partial charge in [0.2, 0.25) is 0 Å². The first kappa shape index (κ1) is 12.9. The van der Waals surface area contributed by atoms with Gasteiger partial charge in [0, 0.05) is 23.4 Å². The van der Waals surface area contributed by atoms with Crippen molar-refractivity contribution in [1.29, 1.82) is 0 Å². The molecule has 4 nitrogen and oxygen atoms in total. The summed E-state index contributed by atoms with van der Waals surface area (Å²) < 4.78 is 7.57. The maximum absolute atomic E-state index is 5.56. The second kappa shape index (κ2) is 5.87. The first-order valence-electron chi connectivity index (χ1n) is 6.57. The quantitative estimate of drug-likeness (QED) is 0.798. The van der Waals surface area contributed by atoms with Crippen molar-refractivity contribution >= 4 is 0 Å². The molecule has 2 aromatic rings. The molecule has 0 aliphatic rings. The van der Waals surface area contributed by atoms with E-state index in [1.807, 2.05) is 16.9 Å². The second-order valence-electron chi connectivity index (χ2n) is 4.39. The molecule has 0 saturated carbocycles. The molecule has 0 aromatic carbocycles. The number of aromatic nitrogens is 2. The summed E-state index contributed by atoms with van der Waals surface area (Å²) in [6, 6.07) is 2.02. The zero-order valence-corrected chi connectivity index (χ0v) is 11.4. The maximum atomic E-state index is 5.56. The minimum Gasteiger partial charge on any atom is -0.467 e. The molecular formula is C14H21N3O. The van der Waals surface area contributed by atoms with Crippen molar-refractivity contribution in [2.75, 3.05) is 6.54 Å². The number of aryl methyl sites for hydroxylation is 1. The van der Waals surface area contributed by atoms with E-state index < -0.39 is 0 Å². The predicted molar refractivity (Wildman–Crippen MR) is 72.3 cm³/mol. The van der Waals surface area contributed by atoms with Crippen LogP contribution < -0.4 is 5.32 Å². The Hall–Kier alpha value is -1.55. The summed E-state index contributed by atoms with van der Waals surface area (Å²) in [6.07, 6.45) is 4.80. The minimum absolute atomic E-state index is 0.771. The van der Waals surface area contributed by atoms with Gasteiger partial charge in [0.05, 0.1) is 19.0 Å². The van der Waals surface area contributed by atoms with Crippen LogP contribution in [-0.4, -0.2) is 16.3 Å². The number of furan rings is 1. The van der Waals surface area contributed by atoms with Crippen LogP contribution in [0.25, 0.3) is 11.1 Å². The molecule has 0 aliphatic carbocycles. The molecule has 18 heavy (non-hydrogen) atoms. The maximum Gasteiger partial charge on any atom is 0.125 e. The fourth-order valence-corrected chi connectivity index (χ4v) is 2.13. The van der Waals surface area contributed by atoms with Gasteiger partial charge in [0.1, 0.15) is 5.76 Å². The first-order chi connectivity index (χ1) is 8.77. The van der Waals surface area contributed by atoms with E-state index in [1.165, 1.54) is 11.3 Å². The molecule has 0 radical (unpaired) electrons. The Bertz CT molecular complexity index is 499. The van der Waals surface area contributed by atoms with Gasteiger partial charge in [-0.3, -0.25) is 4.68 Å². The van der Waals surface area contributed by atoms with Crippen molar-refractivity contribution < 1.29 is 4.42 Å². The Morgan fingerprint density at radius 1 is 1.33 bits per heavy atom. The summed E-state index contributed by atoms with van der Waals surface area (Å²) in [5.41, 5.74) is 3.50. The lowest BCUT2D eigenvalue weighted by atomic mass is 10.1. The Balaban J connectivity index is 2.22. The number of hydrogen-bond donors (Lipinski definition) is 1. The summed E-state index contributed by atoms with van der Waals surface area (Å²) in [4.78, 5) is 0. The van der Waals surface area contributed by atoms with Crippen LogP contribution in [0.15, 0.2) is 22.9 Å². The lowest BCUT2D eigenvalue weighted by Crippen LogP contribution is -2.13. The highest BCUT2D eigenvalue weighted by Crippen LogP contribution is 2.27. The zero-order valence-electron chi connectivity index (χ0n) is 11.4. The summed E-state index contributed by atoms with van der Waals surface area (Å²) in [5.74, 6) is 0.988. The SMILES string of the molecule is CCCNCc1occc1-c1cnn(CC)c1C. The van der Waals surface area contributed by atoms with Crippen LogP contribution in [0.2, 0.25) is 0 Å². The van der Waals surface area contributed by atoms with E-state index in [-0.39, 0.29) is 0 Å². The van der Waals surface area contributed by atoms with Gasteiger partial charge in [0.15, 0.2) is 0 Å². The molecule has 0 atom stereocenters. The van der Waals surface area contributed by atoms with Gasteiger partial charge in [-0.1, -0.05) is 6.92 Å².